The molecule has 1 N–H and O–H groups in total. The van der Waals surface area contributed by atoms with E-state index in [1.807, 2.05) is 11.8 Å². The maximum absolute atomic E-state index is 12.8. The van der Waals surface area contributed by atoms with Crippen LogP contribution in [-0.2, 0) is 23.5 Å². The first-order valence-electron chi connectivity index (χ1n) is 29.9. The van der Waals surface area contributed by atoms with Crippen molar-refractivity contribution in [1.29, 1.82) is 0 Å². The van der Waals surface area contributed by atoms with Gasteiger partial charge in [-0.15, -0.1) is 0 Å². The van der Waals surface area contributed by atoms with Gasteiger partial charge in [-0.25, -0.2) is 0 Å². The highest BCUT2D eigenvalue weighted by molar-refractivity contribution is 7.99. The van der Waals surface area contributed by atoms with Gasteiger partial charge in [0.05, 0.1) is 6.61 Å². The molecule has 6 nitrogen and oxygen atoms in total. The molecule has 0 saturated heterocycles. The van der Waals surface area contributed by atoms with Crippen molar-refractivity contribution in [2.75, 3.05) is 31.3 Å². The molecule has 0 heterocycles. The molecule has 0 bridgehead atoms. The third kappa shape index (κ3) is 29.5. The molecule has 0 amide bonds. The Morgan fingerprint density at radius 1 is 0.521 bits per heavy atom. The Kier molecular flexibility index (Phi) is 38.6. The summed E-state index contributed by atoms with van der Waals surface area (Å²) in [6, 6.07) is 22.5. The molecule has 0 radical (unpaired) electrons. The Bertz CT molecular complexity index is 1500. The van der Waals surface area contributed by atoms with Crippen LogP contribution in [0.3, 0.4) is 0 Å². The monoisotopic (exact) mass is 1020 g/mol. The minimum absolute atomic E-state index is 0.00716. The molecule has 4 atom stereocenters. The molecule has 408 valence electrons. The second kappa shape index (κ2) is 42.1. The lowest BCUT2D eigenvalue weighted by Crippen LogP contribution is -2.66. The average Bonchev–Trinajstić information content (AvgIpc) is 3.36. The molecular weight excluding hydrogens is 911 g/mol. The SMILES string of the molecule is CCCCCCCC(=O)OCCC(CCCCC)CCC(CCC(CCCCC)CCSCC(CCCC)OC(=O)CCCCCCC)NCCCCO[Si](c1ccccc1)(c1ccccc1)C(C)(C)C. The van der Waals surface area contributed by atoms with Crippen LogP contribution < -0.4 is 15.7 Å². The first-order valence-corrected chi connectivity index (χ1v) is 33.0. The van der Waals surface area contributed by atoms with E-state index < -0.39 is 8.32 Å². The number of nitrogens with one attached hydrogen (secondary N) is 1. The van der Waals surface area contributed by atoms with Crippen LogP contribution in [0.2, 0.25) is 5.04 Å². The van der Waals surface area contributed by atoms with Crippen LogP contribution in [0, 0.1) is 11.8 Å². The van der Waals surface area contributed by atoms with Crippen molar-refractivity contribution in [2.24, 2.45) is 11.8 Å². The van der Waals surface area contributed by atoms with Crippen molar-refractivity contribution in [1.82, 2.24) is 5.32 Å². The number of esters is 2. The Morgan fingerprint density at radius 3 is 1.56 bits per heavy atom. The van der Waals surface area contributed by atoms with Crippen LogP contribution in [-0.4, -0.2) is 63.7 Å². The Hall–Kier alpha value is -2.13. The van der Waals surface area contributed by atoms with E-state index in [1.165, 1.54) is 132 Å². The second-order valence-electron chi connectivity index (χ2n) is 22.2. The predicted octanol–water partition coefficient (Wildman–Crippen LogP) is 17.1. The van der Waals surface area contributed by atoms with Crippen LogP contribution in [0.15, 0.2) is 60.7 Å². The molecule has 0 aliphatic heterocycles. The fraction of sp³-hybridized carbons (Fsp3) is 0.778. The molecule has 0 spiro atoms. The van der Waals surface area contributed by atoms with E-state index >= 15 is 0 Å². The molecule has 71 heavy (non-hydrogen) atoms. The van der Waals surface area contributed by atoms with E-state index in [0.717, 1.165) is 88.9 Å². The van der Waals surface area contributed by atoms with E-state index in [2.05, 4.69) is 121 Å². The lowest BCUT2D eigenvalue weighted by atomic mass is 9.88. The predicted molar refractivity (Wildman–Crippen MR) is 312 cm³/mol. The molecule has 0 aliphatic rings. The van der Waals surface area contributed by atoms with Crippen molar-refractivity contribution in [2.45, 2.75) is 272 Å². The molecule has 8 heteroatoms. The zero-order valence-corrected chi connectivity index (χ0v) is 49.3. The first-order chi connectivity index (χ1) is 34.5. The summed E-state index contributed by atoms with van der Waals surface area (Å²) in [5.74, 6) is 3.34. The highest BCUT2D eigenvalue weighted by Gasteiger charge is 2.50. The van der Waals surface area contributed by atoms with Gasteiger partial charge in [0.1, 0.15) is 6.10 Å². The van der Waals surface area contributed by atoms with Gasteiger partial charge in [-0.2, -0.15) is 11.8 Å². The standard InChI is InChI=1S/C63H111NO5SSi/c1-9-14-19-21-31-42-61(65)67-52-48-55(35-25-16-11-3)44-46-57(64-50-33-34-51-68-71(63(6,7)8,59-38-27-23-28-39-59)60-40-29-24-30-41-60)47-45-56(36-26-17-12-4)49-53-70-54-58(37-18-13-5)69-62(66)43-32-22-20-15-10-2/h23-24,27-30,38-41,55-58,64H,9-22,25-26,31-37,42-54H2,1-8H3. The zero-order valence-electron chi connectivity index (χ0n) is 47.5. The number of unbranched alkanes of at least 4 members (excludes halogenated alkanes) is 14. The van der Waals surface area contributed by atoms with Gasteiger partial charge in [-0.3, -0.25) is 9.59 Å². The molecule has 0 aliphatic carbocycles. The fourth-order valence-corrected chi connectivity index (χ4v) is 16.2. The normalized spacial score (nSPS) is 13.7. The number of thioether (sulfide) groups is 1. The number of carbonyl (C=O) groups is 2. The number of hydrogen-bond acceptors (Lipinski definition) is 7. The summed E-state index contributed by atoms with van der Waals surface area (Å²) in [5.41, 5.74) is 0. The molecule has 0 aromatic heterocycles. The van der Waals surface area contributed by atoms with Gasteiger partial charge in [0.15, 0.2) is 0 Å². The quantitative estimate of drug-likeness (QED) is 0.0402. The number of ether oxygens (including phenoxy) is 2. The smallest absolute Gasteiger partial charge is 0.306 e. The van der Waals surface area contributed by atoms with Crippen molar-refractivity contribution in [3.8, 4) is 0 Å². The van der Waals surface area contributed by atoms with E-state index in [9.17, 15) is 9.59 Å². The Morgan fingerprint density at radius 2 is 1.03 bits per heavy atom. The van der Waals surface area contributed by atoms with Gasteiger partial charge in [-0.05, 0) is 110 Å². The molecule has 0 saturated carbocycles. The number of benzene rings is 2. The second-order valence-corrected chi connectivity index (χ2v) is 27.7. The van der Waals surface area contributed by atoms with Crippen LogP contribution in [0.5, 0.6) is 0 Å². The van der Waals surface area contributed by atoms with E-state index in [-0.39, 0.29) is 23.1 Å². The maximum Gasteiger partial charge on any atom is 0.306 e. The fourth-order valence-electron chi connectivity index (χ4n) is 10.4. The van der Waals surface area contributed by atoms with Gasteiger partial charge in [0.25, 0.3) is 8.32 Å². The number of carbonyl (C=O) groups excluding carboxylic acids is 2. The number of hydrogen-bond donors (Lipinski definition) is 1. The van der Waals surface area contributed by atoms with Crippen LogP contribution in [0.1, 0.15) is 254 Å². The van der Waals surface area contributed by atoms with Crippen LogP contribution in [0.4, 0.5) is 0 Å². The lowest BCUT2D eigenvalue weighted by molar-refractivity contribution is -0.148. The Labute approximate surface area is 444 Å². The summed E-state index contributed by atoms with van der Waals surface area (Å²) < 4.78 is 19.2. The zero-order chi connectivity index (χ0) is 51.7. The molecule has 4 unspecified atom stereocenters. The summed E-state index contributed by atoms with van der Waals surface area (Å²) in [4.78, 5) is 25.5. The van der Waals surface area contributed by atoms with E-state index in [4.69, 9.17) is 13.9 Å². The molecule has 0 fully saturated rings. The van der Waals surface area contributed by atoms with Gasteiger partial charge >= 0.3 is 11.9 Å². The third-order valence-electron chi connectivity index (χ3n) is 14.9. The van der Waals surface area contributed by atoms with Crippen molar-refractivity contribution < 1.29 is 23.5 Å². The minimum atomic E-state index is -2.56. The minimum Gasteiger partial charge on any atom is -0.466 e. The molecule has 2 aromatic rings. The summed E-state index contributed by atoms with van der Waals surface area (Å²) in [5, 5.41) is 6.79. The molecular formula is C63H111NO5SSi. The van der Waals surface area contributed by atoms with Crippen molar-refractivity contribution >= 4 is 42.4 Å². The van der Waals surface area contributed by atoms with Crippen LogP contribution in [0.25, 0.3) is 0 Å². The van der Waals surface area contributed by atoms with Crippen molar-refractivity contribution in [3.63, 3.8) is 0 Å². The van der Waals surface area contributed by atoms with Gasteiger partial charge in [-0.1, -0.05) is 232 Å². The van der Waals surface area contributed by atoms with Crippen molar-refractivity contribution in [3.05, 3.63) is 60.7 Å². The third-order valence-corrected chi connectivity index (χ3v) is 21.1. The largest absolute Gasteiger partial charge is 0.466 e. The van der Waals surface area contributed by atoms with Gasteiger partial charge < -0.3 is 19.2 Å². The molecule has 2 rings (SSSR count). The summed E-state index contributed by atoms with van der Waals surface area (Å²) in [7, 11) is -2.56. The van der Waals surface area contributed by atoms with Gasteiger partial charge in [0.2, 0.25) is 0 Å². The highest BCUT2D eigenvalue weighted by atomic mass is 32.2. The van der Waals surface area contributed by atoms with Crippen LogP contribution >= 0.6 is 11.8 Å². The average molecular weight is 1020 g/mol. The lowest BCUT2D eigenvalue weighted by Gasteiger charge is -2.43. The topological polar surface area (TPSA) is 73.9 Å². The first kappa shape index (κ1) is 65.0. The summed E-state index contributed by atoms with van der Waals surface area (Å²) >= 11 is 2.01. The van der Waals surface area contributed by atoms with E-state index in [0.29, 0.717) is 37.3 Å². The maximum atomic E-state index is 12.8. The molecule has 2 aromatic carbocycles. The number of rotatable bonds is 47. The van der Waals surface area contributed by atoms with Gasteiger partial charge in [0, 0.05) is 31.2 Å². The summed E-state index contributed by atoms with van der Waals surface area (Å²) in [6.07, 6.45) is 35.2. The van der Waals surface area contributed by atoms with E-state index in [1.54, 1.807) is 0 Å². The Balaban J connectivity index is 2.15. The summed E-state index contributed by atoms with van der Waals surface area (Å²) in [6.45, 7) is 20.7. The highest BCUT2D eigenvalue weighted by Crippen LogP contribution is 2.37.